The van der Waals surface area contributed by atoms with Crippen LogP contribution in [0.15, 0.2) is 42.9 Å². The predicted octanol–water partition coefficient (Wildman–Crippen LogP) is 3.53. The first-order chi connectivity index (χ1) is 15.0. The summed E-state index contributed by atoms with van der Waals surface area (Å²) in [4.78, 5) is 23.5. The number of rotatable bonds is 6. The number of carbonyl (C=O) groups is 1. The van der Waals surface area contributed by atoms with E-state index in [2.05, 4.69) is 30.7 Å². The van der Waals surface area contributed by atoms with Gasteiger partial charge in [-0.3, -0.25) is 10.3 Å². The number of aromatic nitrogens is 5. The number of carbonyl (C=O) groups excluding carboxylic acids is 1. The Morgan fingerprint density at radius 1 is 1.35 bits per heavy atom. The zero-order chi connectivity index (χ0) is 22.0. The van der Waals surface area contributed by atoms with E-state index in [0.29, 0.717) is 35.3 Å². The number of hydrogen-bond donors (Lipinski definition) is 4. The molecule has 0 aliphatic heterocycles. The molecular formula is C21H22FN7O2. The number of aliphatic hydroxyl groups excluding tert-OH is 1. The topological polar surface area (TPSA) is 121 Å². The lowest BCUT2D eigenvalue weighted by atomic mass is 10.0. The Bertz CT molecular complexity index is 1200. The van der Waals surface area contributed by atoms with E-state index in [1.54, 1.807) is 43.6 Å². The van der Waals surface area contributed by atoms with E-state index in [0.717, 1.165) is 0 Å². The van der Waals surface area contributed by atoms with Gasteiger partial charge in [0.1, 0.15) is 11.2 Å². The fourth-order valence-electron chi connectivity index (χ4n) is 3.27. The van der Waals surface area contributed by atoms with E-state index in [9.17, 15) is 9.90 Å². The zero-order valence-electron chi connectivity index (χ0n) is 17.1. The third-order valence-electron chi connectivity index (χ3n) is 4.82. The Kier molecular flexibility index (Phi) is 5.63. The second kappa shape index (κ2) is 8.52. The molecule has 9 nitrogen and oxygen atoms in total. The van der Waals surface area contributed by atoms with Crippen molar-refractivity contribution in [3.63, 3.8) is 0 Å². The number of hydrogen-bond acceptors (Lipinski definition) is 5. The van der Waals surface area contributed by atoms with Gasteiger partial charge in [0.25, 0.3) is 0 Å². The Morgan fingerprint density at radius 3 is 2.84 bits per heavy atom. The van der Waals surface area contributed by atoms with Crippen LogP contribution in [-0.2, 0) is 0 Å². The largest absolute Gasteiger partial charge is 0.387 e. The third kappa shape index (κ3) is 3.97. The quantitative estimate of drug-likeness (QED) is 0.378. The second-order valence-corrected chi connectivity index (χ2v) is 6.90. The van der Waals surface area contributed by atoms with Gasteiger partial charge in [0.05, 0.1) is 17.3 Å². The summed E-state index contributed by atoms with van der Waals surface area (Å²) < 4.78 is 17.1. The molecule has 4 rings (SSSR count). The summed E-state index contributed by atoms with van der Waals surface area (Å²) in [6, 6.07) is 6.26. The molecule has 0 spiro atoms. The van der Waals surface area contributed by atoms with Crippen molar-refractivity contribution in [2.24, 2.45) is 0 Å². The first kappa shape index (κ1) is 20.5. The number of halogens is 1. The average molecular weight is 423 g/mol. The molecule has 0 fully saturated rings. The maximum absolute atomic E-state index is 15.7. The number of amides is 2. The van der Waals surface area contributed by atoms with Crippen molar-refractivity contribution in [1.82, 2.24) is 30.0 Å². The number of nitrogens with one attached hydrogen (secondary N) is 3. The van der Waals surface area contributed by atoms with Gasteiger partial charge in [-0.05, 0) is 31.5 Å². The first-order valence-electron chi connectivity index (χ1n) is 9.93. The molecule has 10 heteroatoms. The van der Waals surface area contributed by atoms with Crippen LogP contribution in [0.5, 0.6) is 0 Å². The van der Waals surface area contributed by atoms with Gasteiger partial charge in [0, 0.05) is 36.3 Å². The molecule has 0 saturated heterocycles. The molecule has 160 valence electrons. The predicted molar refractivity (Wildman–Crippen MR) is 114 cm³/mol. The van der Waals surface area contributed by atoms with E-state index < -0.39 is 18.0 Å². The Hall–Kier alpha value is -3.79. The normalized spacial score (nSPS) is 12.1. The summed E-state index contributed by atoms with van der Waals surface area (Å²) in [5, 5.41) is 19.3. The number of aliphatic hydroxyl groups is 1. The first-order valence-corrected chi connectivity index (χ1v) is 9.93. The van der Waals surface area contributed by atoms with Gasteiger partial charge < -0.3 is 15.4 Å². The number of pyridine rings is 1. The van der Waals surface area contributed by atoms with Crippen LogP contribution in [0.2, 0.25) is 0 Å². The number of urea groups is 1. The van der Waals surface area contributed by atoms with E-state index >= 15 is 4.39 Å². The Balaban J connectivity index is 1.84. The molecule has 1 aromatic carbocycles. The van der Waals surface area contributed by atoms with Gasteiger partial charge in [0.2, 0.25) is 5.95 Å². The number of imidazole rings is 1. The van der Waals surface area contributed by atoms with Crippen LogP contribution < -0.4 is 10.6 Å². The average Bonchev–Trinajstić information content (AvgIpc) is 3.43. The molecule has 4 aromatic rings. The highest BCUT2D eigenvalue weighted by Crippen LogP contribution is 2.33. The molecule has 0 unspecified atom stereocenters. The number of fused-ring (bicyclic) bond motifs is 1. The summed E-state index contributed by atoms with van der Waals surface area (Å²) in [6.45, 7) is 4.11. The van der Waals surface area contributed by atoms with Crippen molar-refractivity contribution in [3.8, 4) is 16.8 Å². The number of nitrogens with zero attached hydrogens (tertiary/aromatic N) is 4. The highest BCUT2D eigenvalue weighted by molar-refractivity contribution is 5.94. The maximum Gasteiger partial charge on any atom is 0.321 e. The van der Waals surface area contributed by atoms with Crippen LogP contribution in [-0.4, -0.2) is 42.4 Å². The minimum Gasteiger partial charge on any atom is -0.387 e. The highest BCUT2D eigenvalue weighted by Gasteiger charge is 2.21. The van der Waals surface area contributed by atoms with Gasteiger partial charge >= 0.3 is 6.03 Å². The van der Waals surface area contributed by atoms with Crippen molar-refractivity contribution >= 4 is 23.0 Å². The van der Waals surface area contributed by atoms with E-state index in [4.69, 9.17) is 0 Å². The molecule has 0 bridgehead atoms. The zero-order valence-corrected chi connectivity index (χ0v) is 17.1. The van der Waals surface area contributed by atoms with Crippen LogP contribution in [0.1, 0.15) is 32.1 Å². The van der Waals surface area contributed by atoms with Gasteiger partial charge in [-0.25, -0.2) is 18.9 Å². The van der Waals surface area contributed by atoms with Gasteiger partial charge in [0.15, 0.2) is 5.82 Å². The van der Waals surface area contributed by atoms with Gasteiger partial charge in [-0.15, -0.1) is 0 Å². The molecular weight excluding hydrogens is 401 g/mol. The lowest BCUT2D eigenvalue weighted by molar-refractivity contribution is 0.169. The summed E-state index contributed by atoms with van der Waals surface area (Å²) in [5.41, 5.74) is 2.34. The Labute approximate surface area is 177 Å². The van der Waals surface area contributed by atoms with E-state index in [1.165, 1.54) is 10.9 Å². The van der Waals surface area contributed by atoms with Crippen LogP contribution >= 0.6 is 0 Å². The van der Waals surface area contributed by atoms with Crippen LogP contribution in [0.25, 0.3) is 27.8 Å². The van der Waals surface area contributed by atoms with Crippen LogP contribution in [0, 0.1) is 5.82 Å². The minimum atomic E-state index is -0.670. The summed E-state index contributed by atoms with van der Waals surface area (Å²) in [5.74, 6) is -0.344. The van der Waals surface area contributed by atoms with Gasteiger partial charge in [-0.2, -0.15) is 5.10 Å². The van der Waals surface area contributed by atoms with Crippen molar-refractivity contribution in [2.75, 3.05) is 11.9 Å². The number of anilines is 1. The molecule has 0 saturated carbocycles. The number of benzene rings is 1. The lowest BCUT2D eigenvalue weighted by Crippen LogP contribution is -2.28. The highest BCUT2D eigenvalue weighted by atomic mass is 19.1. The SMILES string of the molecule is CCNC(=O)Nc1nc2c(-n3cccn3)c(F)c(-c3ccc([C@@H](O)CC)nc3)cc2[nH]1. The standard InChI is InChI=1S/C21H22FN7O2/c1-3-16(30)14-7-6-12(11-24-14)13-10-15-18(19(17(13)22)29-9-5-8-25-29)27-20(26-15)28-21(31)23-4-2/h5-11,16,30H,3-4H2,1-2H3,(H3,23,26,27,28,31)/t16-/m0/s1. The number of aromatic amines is 1. The summed E-state index contributed by atoms with van der Waals surface area (Å²) >= 11 is 0. The smallest absolute Gasteiger partial charge is 0.321 e. The van der Waals surface area contributed by atoms with Gasteiger partial charge in [-0.1, -0.05) is 13.0 Å². The summed E-state index contributed by atoms with van der Waals surface area (Å²) in [7, 11) is 0. The monoisotopic (exact) mass is 423 g/mol. The molecule has 0 radical (unpaired) electrons. The Morgan fingerprint density at radius 2 is 2.19 bits per heavy atom. The van der Waals surface area contributed by atoms with Crippen molar-refractivity contribution in [2.45, 2.75) is 26.4 Å². The summed E-state index contributed by atoms with van der Waals surface area (Å²) in [6.07, 6.45) is 4.55. The second-order valence-electron chi connectivity index (χ2n) is 6.90. The minimum absolute atomic E-state index is 0.148. The molecule has 2 amide bonds. The van der Waals surface area contributed by atoms with Crippen molar-refractivity contribution in [3.05, 3.63) is 54.4 Å². The van der Waals surface area contributed by atoms with Crippen LogP contribution in [0.3, 0.4) is 0 Å². The maximum atomic E-state index is 15.7. The molecule has 31 heavy (non-hydrogen) atoms. The fraction of sp³-hybridized carbons (Fsp3) is 0.238. The lowest BCUT2D eigenvalue weighted by Gasteiger charge is -2.11. The van der Waals surface area contributed by atoms with E-state index in [-0.39, 0.29) is 17.2 Å². The molecule has 1 atom stereocenters. The molecule has 3 heterocycles. The van der Waals surface area contributed by atoms with Crippen LogP contribution in [0.4, 0.5) is 15.1 Å². The molecule has 0 aliphatic rings. The molecule has 4 N–H and O–H groups in total. The van der Waals surface area contributed by atoms with Crippen molar-refractivity contribution in [1.29, 1.82) is 0 Å². The van der Waals surface area contributed by atoms with Crippen molar-refractivity contribution < 1.29 is 14.3 Å². The molecule has 0 aliphatic carbocycles. The fourth-order valence-corrected chi connectivity index (χ4v) is 3.27. The molecule has 3 aromatic heterocycles. The van der Waals surface area contributed by atoms with E-state index in [1.807, 2.05) is 6.92 Å². The number of H-pyrrole nitrogens is 1. The third-order valence-corrected chi connectivity index (χ3v) is 4.82.